The van der Waals surface area contributed by atoms with Crippen molar-refractivity contribution >= 4 is 34.3 Å². The second-order valence-corrected chi connectivity index (χ2v) is 7.53. The van der Waals surface area contributed by atoms with E-state index in [1.807, 2.05) is 25.5 Å². The van der Waals surface area contributed by atoms with E-state index >= 15 is 0 Å². The first-order chi connectivity index (χ1) is 10.2. The summed E-state index contributed by atoms with van der Waals surface area (Å²) in [6.45, 7) is 0.895. The number of aryl methyl sites for hydroxylation is 1. The Morgan fingerprint density at radius 1 is 1.38 bits per heavy atom. The molecule has 0 spiro atoms. The molecule has 0 bridgehead atoms. The molecule has 0 saturated heterocycles. The van der Waals surface area contributed by atoms with Crippen molar-refractivity contribution in [2.24, 2.45) is 7.05 Å². The minimum Gasteiger partial charge on any atom is -0.336 e. The van der Waals surface area contributed by atoms with Crippen LogP contribution in [0.25, 0.3) is 0 Å². The van der Waals surface area contributed by atoms with Gasteiger partial charge in [-0.3, -0.25) is 0 Å². The van der Waals surface area contributed by atoms with Crippen LogP contribution < -0.4 is 5.32 Å². The Morgan fingerprint density at radius 3 is 2.90 bits per heavy atom. The summed E-state index contributed by atoms with van der Waals surface area (Å²) >= 11 is 9.37. The summed E-state index contributed by atoms with van der Waals surface area (Å²) in [5.41, 5.74) is 0. The van der Waals surface area contributed by atoms with Crippen LogP contribution in [0.4, 0.5) is 0 Å². The molecular formula is C15H16ClN3S2. The molecule has 0 aliphatic rings. The van der Waals surface area contributed by atoms with Gasteiger partial charge >= 0.3 is 0 Å². The zero-order chi connectivity index (χ0) is 14.7. The van der Waals surface area contributed by atoms with Gasteiger partial charge in [-0.1, -0.05) is 17.7 Å². The van der Waals surface area contributed by atoms with Crippen molar-refractivity contribution in [2.45, 2.75) is 12.5 Å². The summed E-state index contributed by atoms with van der Waals surface area (Å²) in [7, 11) is 2.03. The number of thiophene rings is 2. The third kappa shape index (κ3) is 3.55. The second-order valence-electron chi connectivity index (χ2n) is 4.75. The average molecular weight is 338 g/mol. The highest BCUT2D eigenvalue weighted by Gasteiger charge is 2.18. The Labute approximate surface area is 137 Å². The van der Waals surface area contributed by atoms with E-state index in [1.54, 1.807) is 22.7 Å². The zero-order valence-electron chi connectivity index (χ0n) is 11.6. The van der Waals surface area contributed by atoms with Gasteiger partial charge in [-0.15, -0.1) is 22.7 Å². The van der Waals surface area contributed by atoms with Gasteiger partial charge in [0, 0.05) is 35.7 Å². The second kappa shape index (κ2) is 6.75. The van der Waals surface area contributed by atoms with Crippen molar-refractivity contribution < 1.29 is 0 Å². The number of nitrogens with zero attached hydrogens (tertiary/aromatic N) is 2. The van der Waals surface area contributed by atoms with Gasteiger partial charge < -0.3 is 9.88 Å². The van der Waals surface area contributed by atoms with Crippen LogP contribution in [0.3, 0.4) is 0 Å². The van der Waals surface area contributed by atoms with E-state index in [9.17, 15) is 0 Å². The monoisotopic (exact) mass is 337 g/mol. The van der Waals surface area contributed by atoms with Crippen LogP contribution in [0.1, 0.15) is 21.6 Å². The van der Waals surface area contributed by atoms with E-state index in [1.165, 1.54) is 9.75 Å². The van der Waals surface area contributed by atoms with E-state index in [4.69, 9.17) is 11.6 Å². The van der Waals surface area contributed by atoms with Gasteiger partial charge in [0.25, 0.3) is 0 Å². The molecule has 21 heavy (non-hydrogen) atoms. The molecule has 1 N–H and O–H groups in total. The molecule has 0 fully saturated rings. The summed E-state index contributed by atoms with van der Waals surface area (Å²) in [5, 5.41) is 5.72. The van der Waals surface area contributed by atoms with E-state index in [0.717, 1.165) is 23.1 Å². The Bertz CT molecular complexity index is 687. The SMILES string of the molecule is Cn1ccnc1C(NCCc1ccc(Cl)s1)c1cccs1. The maximum Gasteiger partial charge on any atom is 0.131 e. The fraction of sp³-hybridized carbons (Fsp3) is 0.267. The van der Waals surface area contributed by atoms with Gasteiger partial charge in [0.05, 0.1) is 4.34 Å². The molecule has 1 atom stereocenters. The van der Waals surface area contributed by atoms with Crippen LogP contribution in [0.15, 0.2) is 42.0 Å². The lowest BCUT2D eigenvalue weighted by Gasteiger charge is -2.17. The standard InChI is InChI=1S/C15H16ClN3S2/c1-19-9-8-18-15(19)14(12-3-2-10-20-12)17-7-6-11-4-5-13(16)21-11/h2-5,8-10,14,17H,6-7H2,1H3. The lowest BCUT2D eigenvalue weighted by Crippen LogP contribution is -2.26. The topological polar surface area (TPSA) is 29.9 Å². The summed E-state index contributed by atoms with van der Waals surface area (Å²) < 4.78 is 2.92. The molecule has 3 rings (SSSR count). The number of imidazole rings is 1. The third-order valence-electron chi connectivity index (χ3n) is 3.29. The molecule has 1 unspecified atom stereocenters. The molecule has 0 amide bonds. The van der Waals surface area contributed by atoms with E-state index in [-0.39, 0.29) is 6.04 Å². The molecule has 3 aromatic heterocycles. The zero-order valence-corrected chi connectivity index (χ0v) is 14.0. The summed E-state index contributed by atoms with van der Waals surface area (Å²) in [6, 6.07) is 8.42. The van der Waals surface area contributed by atoms with Gasteiger partial charge in [0.1, 0.15) is 11.9 Å². The van der Waals surface area contributed by atoms with Crippen LogP contribution in [0, 0.1) is 0 Å². The van der Waals surface area contributed by atoms with E-state index in [0.29, 0.717) is 0 Å². The highest BCUT2D eigenvalue weighted by atomic mass is 35.5. The number of aromatic nitrogens is 2. The fourth-order valence-electron chi connectivity index (χ4n) is 2.26. The van der Waals surface area contributed by atoms with Crippen molar-refractivity contribution in [2.75, 3.05) is 6.54 Å². The lowest BCUT2D eigenvalue weighted by atomic mass is 10.2. The third-order valence-corrected chi connectivity index (χ3v) is 5.52. The Hall–Kier alpha value is -1.14. The molecule has 3 heterocycles. The molecular weight excluding hydrogens is 322 g/mol. The van der Waals surface area contributed by atoms with Crippen LogP contribution in [-0.4, -0.2) is 16.1 Å². The average Bonchev–Trinajstić information content (AvgIpc) is 3.18. The minimum atomic E-state index is 0.139. The largest absolute Gasteiger partial charge is 0.336 e. The first kappa shape index (κ1) is 14.8. The van der Waals surface area contributed by atoms with Crippen molar-refractivity contribution in [3.8, 4) is 0 Å². The van der Waals surface area contributed by atoms with Gasteiger partial charge in [-0.05, 0) is 30.0 Å². The summed E-state index contributed by atoms with van der Waals surface area (Å²) in [6.07, 6.45) is 4.80. The van der Waals surface area contributed by atoms with Crippen LogP contribution in [0.2, 0.25) is 4.34 Å². The molecule has 0 aliphatic heterocycles. The quantitative estimate of drug-likeness (QED) is 0.733. The maximum absolute atomic E-state index is 5.97. The van der Waals surface area contributed by atoms with Crippen molar-refractivity contribution in [3.05, 3.63) is 62.0 Å². The number of hydrogen-bond donors (Lipinski definition) is 1. The lowest BCUT2D eigenvalue weighted by molar-refractivity contribution is 0.569. The molecule has 0 radical (unpaired) electrons. The molecule has 110 valence electrons. The highest BCUT2D eigenvalue weighted by Crippen LogP contribution is 2.25. The normalized spacial score (nSPS) is 12.7. The van der Waals surface area contributed by atoms with Crippen molar-refractivity contribution in [1.82, 2.24) is 14.9 Å². The predicted molar refractivity (Wildman–Crippen MR) is 90.4 cm³/mol. The molecule has 3 nitrogen and oxygen atoms in total. The molecule has 0 aromatic carbocycles. The number of rotatable bonds is 6. The molecule has 0 saturated carbocycles. The molecule has 0 aliphatic carbocycles. The minimum absolute atomic E-state index is 0.139. The Kier molecular flexibility index (Phi) is 4.75. The van der Waals surface area contributed by atoms with Gasteiger partial charge in [-0.25, -0.2) is 4.98 Å². The predicted octanol–water partition coefficient (Wildman–Crippen LogP) is 4.12. The summed E-state index contributed by atoms with van der Waals surface area (Å²) in [4.78, 5) is 7.08. The molecule has 6 heteroatoms. The highest BCUT2D eigenvalue weighted by molar-refractivity contribution is 7.16. The van der Waals surface area contributed by atoms with Gasteiger partial charge in [-0.2, -0.15) is 0 Å². The Morgan fingerprint density at radius 2 is 2.29 bits per heavy atom. The smallest absolute Gasteiger partial charge is 0.131 e. The van der Waals surface area contributed by atoms with Gasteiger partial charge in [0.15, 0.2) is 0 Å². The number of nitrogens with one attached hydrogen (secondary N) is 1. The van der Waals surface area contributed by atoms with Crippen molar-refractivity contribution in [3.63, 3.8) is 0 Å². The maximum atomic E-state index is 5.97. The molecule has 3 aromatic rings. The fourth-order valence-corrected chi connectivity index (χ4v) is 4.14. The number of hydrogen-bond acceptors (Lipinski definition) is 4. The van der Waals surface area contributed by atoms with Crippen molar-refractivity contribution in [1.29, 1.82) is 0 Å². The van der Waals surface area contributed by atoms with Crippen LogP contribution in [-0.2, 0) is 13.5 Å². The van der Waals surface area contributed by atoms with E-state index < -0.39 is 0 Å². The Balaban J connectivity index is 1.70. The van der Waals surface area contributed by atoms with Crippen LogP contribution in [0.5, 0.6) is 0 Å². The summed E-state index contributed by atoms with van der Waals surface area (Å²) in [5.74, 6) is 1.04. The first-order valence-electron chi connectivity index (χ1n) is 6.72. The van der Waals surface area contributed by atoms with Crippen LogP contribution >= 0.6 is 34.3 Å². The van der Waals surface area contributed by atoms with E-state index in [2.05, 4.69) is 38.4 Å². The number of halogens is 1. The van der Waals surface area contributed by atoms with Gasteiger partial charge in [0.2, 0.25) is 0 Å². The first-order valence-corrected chi connectivity index (χ1v) is 8.79.